The average molecular weight is 227 g/mol. The van der Waals surface area contributed by atoms with Crippen LogP contribution in [-0.2, 0) is 9.47 Å². The lowest BCUT2D eigenvalue weighted by atomic mass is 10.5. The summed E-state index contributed by atoms with van der Waals surface area (Å²) in [6.07, 6.45) is 0.801. The quantitative estimate of drug-likeness (QED) is 0.651. The first kappa shape index (κ1) is 12.7. The molecular formula is C10H17N3O3. The zero-order chi connectivity index (χ0) is 11.6. The molecule has 0 saturated carbocycles. The molecule has 16 heavy (non-hydrogen) atoms. The Morgan fingerprint density at radius 2 is 2.00 bits per heavy atom. The minimum absolute atomic E-state index is 0.384. The van der Waals surface area contributed by atoms with Crippen molar-refractivity contribution in [3.05, 3.63) is 12.1 Å². The van der Waals surface area contributed by atoms with Crippen molar-refractivity contribution in [2.45, 2.75) is 6.42 Å². The van der Waals surface area contributed by atoms with Crippen molar-refractivity contribution in [2.24, 2.45) is 0 Å². The van der Waals surface area contributed by atoms with Gasteiger partial charge in [-0.05, 0) is 6.07 Å². The summed E-state index contributed by atoms with van der Waals surface area (Å²) in [6.45, 7) is 2.42. The van der Waals surface area contributed by atoms with E-state index in [2.05, 4.69) is 10.2 Å². The molecule has 0 fully saturated rings. The van der Waals surface area contributed by atoms with Gasteiger partial charge in [-0.25, -0.2) is 0 Å². The van der Waals surface area contributed by atoms with E-state index in [1.54, 1.807) is 19.2 Å². The predicted octanol–water partition coefficient (Wildman–Crippen LogP) is 0.491. The predicted molar refractivity (Wildman–Crippen MR) is 59.3 cm³/mol. The second-order valence-corrected chi connectivity index (χ2v) is 3.10. The molecular weight excluding hydrogens is 210 g/mol. The first-order chi connectivity index (χ1) is 7.83. The third-order valence-corrected chi connectivity index (χ3v) is 1.78. The van der Waals surface area contributed by atoms with Crippen LogP contribution < -0.4 is 10.5 Å². The SMILES string of the molecule is COCCOCCCOc1ccc(N)nn1. The van der Waals surface area contributed by atoms with Crippen molar-refractivity contribution in [1.29, 1.82) is 0 Å². The number of aromatic nitrogens is 2. The minimum Gasteiger partial charge on any atom is -0.477 e. The van der Waals surface area contributed by atoms with E-state index in [0.29, 0.717) is 38.1 Å². The standard InChI is InChI=1S/C10H17N3O3/c1-14-7-8-15-5-2-6-16-10-4-3-9(11)12-13-10/h3-4H,2,5-8H2,1H3,(H2,11,12). The number of ether oxygens (including phenoxy) is 3. The van der Waals surface area contributed by atoms with Crippen LogP contribution in [0.5, 0.6) is 5.88 Å². The lowest BCUT2D eigenvalue weighted by Crippen LogP contribution is -2.07. The molecule has 1 aromatic rings. The maximum absolute atomic E-state index is 5.39. The number of nitrogens with two attached hydrogens (primary N) is 1. The summed E-state index contributed by atoms with van der Waals surface area (Å²) in [5.41, 5.74) is 5.39. The summed E-state index contributed by atoms with van der Waals surface area (Å²) in [4.78, 5) is 0. The van der Waals surface area contributed by atoms with Gasteiger partial charge in [-0.2, -0.15) is 0 Å². The Morgan fingerprint density at radius 1 is 1.12 bits per heavy atom. The van der Waals surface area contributed by atoms with Crippen molar-refractivity contribution in [3.8, 4) is 5.88 Å². The lowest BCUT2D eigenvalue weighted by Gasteiger charge is -2.05. The van der Waals surface area contributed by atoms with Gasteiger partial charge in [0.2, 0.25) is 5.88 Å². The lowest BCUT2D eigenvalue weighted by molar-refractivity contribution is 0.0641. The van der Waals surface area contributed by atoms with Gasteiger partial charge in [-0.1, -0.05) is 0 Å². The van der Waals surface area contributed by atoms with Crippen LogP contribution in [0, 0.1) is 0 Å². The Labute approximate surface area is 94.7 Å². The second kappa shape index (κ2) is 7.84. The molecule has 0 aliphatic carbocycles. The van der Waals surface area contributed by atoms with Crippen molar-refractivity contribution in [2.75, 3.05) is 39.3 Å². The maximum atomic E-state index is 5.39. The third kappa shape index (κ3) is 5.47. The van der Waals surface area contributed by atoms with Crippen LogP contribution in [0.25, 0.3) is 0 Å². The normalized spacial score (nSPS) is 10.3. The molecule has 2 N–H and O–H groups in total. The highest BCUT2D eigenvalue weighted by atomic mass is 16.5. The molecule has 0 atom stereocenters. The zero-order valence-corrected chi connectivity index (χ0v) is 9.39. The van der Waals surface area contributed by atoms with E-state index in [-0.39, 0.29) is 0 Å². The van der Waals surface area contributed by atoms with Crippen LogP contribution in [0.15, 0.2) is 12.1 Å². The number of methoxy groups -OCH3 is 1. The Morgan fingerprint density at radius 3 is 2.69 bits per heavy atom. The summed E-state index contributed by atoms with van der Waals surface area (Å²) < 4.78 is 15.4. The summed E-state index contributed by atoms with van der Waals surface area (Å²) in [7, 11) is 1.65. The second-order valence-electron chi connectivity index (χ2n) is 3.10. The molecule has 90 valence electrons. The maximum Gasteiger partial charge on any atom is 0.233 e. The molecule has 0 bridgehead atoms. The van der Waals surface area contributed by atoms with E-state index in [1.807, 2.05) is 0 Å². The van der Waals surface area contributed by atoms with Gasteiger partial charge >= 0.3 is 0 Å². The number of rotatable bonds is 8. The largest absolute Gasteiger partial charge is 0.477 e. The number of hydrogen-bond acceptors (Lipinski definition) is 6. The first-order valence-electron chi connectivity index (χ1n) is 5.11. The van der Waals surface area contributed by atoms with Crippen LogP contribution in [0.4, 0.5) is 5.82 Å². The zero-order valence-electron chi connectivity index (χ0n) is 9.39. The van der Waals surface area contributed by atoms with Gasteiger partial charge in [0.1, 0.15) is 5.82 Å². The van der Waals surface area contributed by atoms with Gasteiger partial charge in [0.25, 0.3) is 0 Å². The van der Waals surface area contributed by atoms with Gasteiger partial charge in [-0.15, -0.1) is 10.2 Å². The van der Waals surface area contributed by atoms with Gasteiger partial charge in [-0.3, -0.25) is 0 Å². The summed E-state index contributed by atoms with van der Waals surface area (Å²) >= 11 is 0. The van der Waals surface area contributed by atoms with Gasteiger partial charge in [0.05, 0.1) is 19.8 Å². The smallest absolute Gasteiger partial charge is 0.233 e. The van der Waals surface area contributed by atoms with Crippen LogP contribution >= 0.6 is 0 Å². The van der Waals surface area contributed by atoms with Gasteiger partial charge < -0.3 is 19.9 Å². The first-order valence-corrected chi connectivity index (χ1v) is 5.11. The van der Waals surface area contributed by atoms with Crippen molar-refractivity contribution < 1.29 is 14.2 Å². The molecule has 0 unspecified atom stereocenters. The van der Waals surface area contributed by atoms with Crippen LogP contribution in [0.3, 0.4) is 0 Å². The van der Waals surface area contributed by atoms with Crippen molar-refractivity contribution in [3.63, 3.8) is 0 Å². The Balaban J connectivity index is 2.01. The molecule has 6 heteroatoms. The molecule has 1 heterocycles. The van der Waals surface area contributed by atoms with Crippen LogP contribution in [0.1, 0.15) is 6.42 Å². The van der Waals surface area contributed by atoms with E-state index in [4.69, 9.17) is 19.9 Å². The number of nitrogen functional groups attached to an aromatic ring is 1. The fourth-order valence-corrected chi connectivity index (χ4v) is 0.989. The fraction of sp³-hybridized carbons (Fsp3) is 0.600. The highest BCUT2D eigenvalue weighted by molar-refractivity contribution is 5.27. The van der Waals surface area contributed by atoms with Crippen LogP contribution in [0.2, 0.25) is 0 Å². The highest BCUT2D eigenvalue weighted by Crippen LogP contribution is 2.05. The Hall–Kier alpha value is -1.40. The molecule has 6 nitrogen and oxygen atoms in total. The molecule has 0 aliphatic heterocycles. The number of anilines is 1. The molecule has 1 aromatic heterocycles. The van der Waals surface area contributed by atoms with Crippen molar-refractivity contribution in [1.82, 2.24) is 10.2 Å². The molecule has 0 aromatic carbocycles. The molecule has 1 rings (SSSR count). The van der Waals surface area contributed by atoms with Crippen molar-refractivity contribution >= 4 is 5.82 Å². The minimum atomic E-state index is 0.384. The van der Waals surface area contributed by atoms with Crippen LogP contribution in [-0.4, -0.2) is 43.7 Å². The summed E-state index contributed by atoms with van der Waals surface area (Å²) in [6, 6.07) is 3.34. The summed E-state index contributed by atoms with van der Waals surface area (Å²) in [5, 5.41) is 7.44. The van der Waals surface area contributed by atoms with Gasteiger partial charge in [0.15, 0.2) is 0 Å². The molecule has 0 spiro atoms. The van der Waals surface area contributed by atoms with E-state index in [0.717, 1.165) is 6.42 Å². The topological polar surface area (TPSA) is 79.5 Å². The van der Waals surface area contributed by atoms with E-state index < -0.39 is 0 Å². The number of nitrogens with zero attached hydrogens (tertiary/aromatic N) is 2. The van der Waals surface area contributed by atoms with E-state index >= 15 is 0 Å². The van der Waals surface area contributed by atoms with E-state index in [9.17, 15) is 0 Å². The summed E-state index contributed by atoms with van der Waals surface area (Å²) in [5.74, 6) is 0.862. The molecule has 0 amide bonds. The van der Waals surface area contributed by atoms with E-state index in [1.165, 1.54) is 0 Å². The Bertz CT molecular complexity index is 279. The average Bonchev–Trinajstić information content (AvgIpc) is 2.30. The Kier molecular flexibility index (Phi) is 6.20. The highest BCUT2D eigenvalue weighted by Gasteiger charge is 1.96. The molecule has 0 radical (unpaired) electrons. The monoisotopic (exact) mass is 227 g/mol. The molecule has 0 saturated heterocycles. The van der Waals surface area contributed by atoms with Gasteiger partial charge in [0, 0.05) is 26.2 Å². The fourth-order valence-electron chi connectivity index (χ4n) is 0.989. The molecule has 0 aliphatic rings. The third-order valence-electron chi connectivity index (χ3n) is 1.78. The number of hydrogen-bond donors (Lipinski definition) is 1.